The molecule has 0 atom stereocenters. The lowest BCUT2D eigenvalue weighted by Gasteiger charge is -2.06. The van der Waals surface area contributed by atoms with Crippen molar-refractivity contribution < 1.29 is 9.90 Å². The average molecular weight is 208 g/mol. The standard InChI is InChI=1S/C11H16N2O2/c1-4-5-13-9(6-8(2)3)7-10(12-13)11(14)15/h4,7-8H,1,5-6H2,2-3H3,(H,14,15). The van der Waals surface area contributed by atoms with Gasteiger partial charge in [-0.2, -0.15) is 5.10 Å². The van der Waals surface area contributed by atoms with Crippen molar-refractivity contribution in [2.24, 2.45) is 5.92 Å². The molecule has 15 heavy (non-hydrogen) atoms. The summed E-state index contributed by atoms with van der Waals surface area (Å²) < 4.78 is 1.69. The third-order valence-corrected chi connectivity index (χ3v) is 2.00. The molecule has 0 unspecified atom stereocenters. The van der Waals surface area contributed by atoms with Crippen LogP contribution >= 0.6 is 0 Å². The Kier molecular flexibility index (Phi) is 3.66. The smallest absolute Gasteiger partial charge is 0.356 e. The van der Waals surface area contributed by atoms with Crippen molar-refractivity contribution in [1.29, 1.82) is 0 Å². The van der Waals surface area contributed by atoms with E-state index in [1.165, 1.54) is 0 Å². The van der Waals surface area contributed by atoms with Crippen molar-refractivity contribution in [3.63, 3.8) is 0 Å². The van der Waals surface area contributed by atoms with Crippen LogP contribution in [-0.4, -0.2) is 20.9 Å². The van der Waals surface area contributed by atoms with Crippen LogP contribution in [0.3, 0.4) is 0 Å². The van der Waals surface area contributed by atoms with Gasteiger partial charge in [-0.15, -0.1) is 6.58 Å². The maximum atomic E-state index is 10.8. The van der Waals surface area contributed by atoms with Gasteiger partial charge in [0.25, 0.3) is 0 Å². The zero-order valence-corrected chi connectivity index (χ0v) is 9.10. The molecule has 1 aromatic heterocycles. The minimum Gasteiger partial charge on any atom is -0.476 e. The first-order valence-electron chi connectivity index (χ1n) is 4.95. The number of nitrogens with zero attached hydrogens (tertiary/aromatic N) is 2. The molecule has 0 bridgehead atoms. The molecule has 0 saturated heterocycles. The first kappa shape index (κ1) is 11.5. The van der Waals surface area contributed by atoms with Gasteiger partial charge in [0.1, 0.15) is 0 Å². The van der Waals surface area contributed by atoms with Gasteiger partial charge >= 0.3 is 5.97 Å². The summed E-state index contributed by atoms with van der Waals surface area (Å²) in [6, 6.07) is 1.63. The van der Waals surface area contributed by atoms with E-state index in [2.05, 4.69) is 25.5 Å². The second-order valence-electron chi connectivity index (χ2n) is 3.89. The third kappa shape index (κ3) is 2.94. The van der Waals surface area contributed by atoms with Crippen molar-refractivity contribution in [3.05, 3.63) is 30.1 Å². The molecule has 1 aromatic rings. The molecule has 0 saturated carbocycles. The highest BCUT2D eigenvalue weighted by Gasteiger charge is 2.13. The Labute approximate surface area is 89.2 Å². The van der Waals surface area contributed by atoms with Crippen LogP contribution in [-0.2, 0) is 13.0 Å². The monoisotopic (exact) mass is 208 g/mol. The number of carboxylic acid groups (broad SMARTS) is 1. The van der Waals surface area contributed by atoms with E-state index in [0.29, 0.717) is 12.5 Å². The van der Waals surface area contributed by atoms with Gasteiger partial charge in [0.05, 0.1) is 6.54 Å². The normalized spacial score (nSPS) is 10.6. The van der Waals surface area contributed by atoms with E-state index < -0.39 is 5.97 Å². The first-order chi connectivity index (χ1) is 7.04. The molecule has 82 valence electrons. The Hall–Kier alpha value is -1.58. The maximum absolute atomic E-state index is 10.8. The van der Waals surface area contributed by atoms with Crippen LogP contribution in [0.5, 0.6) is 0 Å². The molecule has 0 amide bonds. The summed E-state index contributed by atoms with van der Waals surface area (Å²) in [5.74, 6) is -0.505. The van der Waals surface area contributed by atoms with Gasteiger partial charge in [0.2, 0.25) is 0 Å². The van der Waals surface area contributed by atoms with E-state index in [-0.39, 0.29) is 5.69 Å². The number of carboxylic acids is 1. The van der Waals surface area contributed by atoms with Gasteiger partial charge in [-0.1, -0.05) is 19.9 Å². The van der Waals surface area contributed by atoms with Crippen LogP contribution in [0.25, 0.3) is 0 Å². The molecule has 0 fully saturated rings. The highest BCUT2D eigenvalue weighted by atomic mass is 16.4. The molecule has 0 aromatic carbocycles. The summed E-state index contributed by atoms with van der Waals surface area (Å²) in [6.07, 6.45) is 2.54. The molecular formula is C11H16N2O2. The molecule has 0 spiro atoms. The van der Waals surface area contributed by atoms with E-state index in [0.717, 1.165) is 12.1 Å². The minimum atomic E-state index is -0.984. The van der Waals surface area contributed by atoms with Crippen LogP contribution in [0.4, 0.5) is 0 Å². The lowest BCUT2D eigenvalue weighted by atomic mass is 10.1. The molecule has 0 aliphatic heterocycles. The number of carbonyl (C=O) groups is 1. The number of hydrogen-bond acceptors (Lipinski definition) is 2. The van der Waals surface area contributed by atoms with Crippen molar-refractivity contribution >= 4 is 5.97 Å². The van der Waals surface area contributed by atoms with Gasteiger partial charge in [0, 0.05) is 5.69 Å². The molecule has 4 nitrogen and oxygen atoms in total. The average Bonchev–Trinajstić information content (AvgIpc) is 2.48. The molecular weight excluding hydrogens is 192 g/mol. The summed E-state index contributed by atoms with van der Waals surface area (Å²) in [5.41, 5.74) is 1.05. The van der Waals surface area contributed by atoms with Crippen LogP contribution in [0.1, 0.15) is 30.0 Å². The number of hydrogen-bond donors (Lipinski definition) is 1. The van der Waals surface area contributed by atoms with E-state index in [4.69, 9.17) is 5.11 Å². The lowest BCUT2D eigenvalue weighted by Crippen LogP contribution is -2.06. The summed E-state index contributed by atoms with van der Waals surface area (Å²) in [7, 11) is 0. The number of aromatic carboxylic acids is 1. The fourth-order valence-corrected chi connectivity index (χ4v) is 1.42. The van der Waals surface area contributed by atoms with Crippen LogP contribution in [0.2, 0.25) is 0 Å². The Morgan fingerprint density at radius 3 is 2.87 bits per heavy atom. The molecule has 0 radical (unpaired) electrons. The van der Waals surface area contributed by atoms with E-state index in [1.54, 1.807) is 16.8 Å². The van der Waals surface area contributed by atoms with Gasteiger partial charge < -0.3 is 5.11 Å². The van der Waals surface area contributed by atoms with E-state index in [9.17, 15) is 4.79 Å². The summed E-state index contributed by atoms with van der Waals surface area (Å²) in [5, 5.41) is 12.8. The van der Waals surface area contributed by atoms with Crippen molar-refractivity contribution in [3.8, 4) is 0 Å². The van der Waals surface area contributed by atoms with Gasteiger partial charge in [0.15, 0.2) is 5.69 Å². The van der Waals surface area contributed by atoms with Crippen molar-refractivity contribution in [2.75, 3.05) is 0 Å². The van der Waals surface area contributed by atoms with Gasteiger partial charge in [-0.25, -0.2) is 4.79 Å². The molecule has 4 heteroatoms. The molecule has 1 rings (SSSR count). The largest absolute Gasteiger partial charge is 0.476 e. The summed E-state index contributed by atoms with van der Waals surface area (Å²) in [4.78, 5) is 10.8. The SMILES string of the molecule is C=CCn1nc(C(=O)O)cc1CC(C)C. The Bertz CT molecular complexity index is 367. The Morgan fingerprint density at radius 1 is 1.73 bits per heavy atom. The second-order valence-corrected chi connectivity index (χ2v) is 3.89. The lowest BCUT2D eigenvalue weighted by molar-refractivity contribution is 0.0689. The predicted molar refractivity (Wildman–Crippen MR) is 57.9 cm³/mol. The van der Waals surface area contributed by atoms with Crippen LogP contribution < -0.4 is 0 Å². The quantitative estimate of drug-likeness (QED) is 0.752. The first-order valence-corrected chi connectivity index (χ1v) is 4.95. The number of aromatic nitrogens is 2. The zero-order chi connectivity index (χ0) is 11.4. The fraction of sp³-hybridized carbons (Fsp3) is 0.455. The molecule has 1 N–H and O–H groups in total. The third-order valence-electron chi connectivity index (χ3n) is 2.00. The van der Waals surface area contributed by atoms with Crippen LogP contribution in [0, 0.1) is 5.92 Å². The second kappa shape index (κ2) is 4.77. The van der Waals surface area contributed by atoms with E-state index in [1.807, 2.05) is 0 Å². The zero-order valence-electron chi connectivity index (χ0n) is 9.10. The molecule has 1 heterocycles. The van der Waals surface area contributed by atoms with Gasteiger partial charge in [-0.3, -0.25) is 4.68 Å². The van der Waals surface area contributed by atoms with Crippen LogP contribution in [0.15, 0.2) is 18.7 Å². The summed E-state index contributed by atoms with van der Waals surface area (Å²) >= 11 is 0. The maximum Gasteiger partial charge on any atom is 0.356 e. The highest BCUT2D eigenvalue weighted by molar-refractivity contribution is 5.85. The van der Waals surface area contributed by atoms with Gasteiger partial charge in [-0.05, 0) is 18.4 Å². The fourth-order valence-electron chi connectivity index (χ4n) is 1.42. The van der Waals surface area contributed by atoms with Crippen molar-refractivity contribution in [2.45, 2.75) is 26.8 Å². The topological polar surface area (TPSA) is 55.1 Å². The van der Waals surface area contributed by atoms with E-state index >= 15 is 0 Å². The highest BCUT2D eigenvalue weighted by Crippen LogP contribution is 2.10. The Balaban J connectivity index is 2.99. The molecule has 0 aliphatic carbocycles. The van der Waals surface area contributed by atoms with Crippen molar-refractivity contribution in [1.82, 2.24) is 9.78 Å². The Morgan fingerprint density at radius 2 is 2.40 bits per heavy atom. The summed E-state index contributed by atoms with van der Waals surface area (Å²) in [6.45, 7) is 8.35. The molecule has 0 aliphatic rings. The number of allylic oxidation sites excluding steroid dienone is 1. The minimum absolute atomic E-state index is 0.104. The number of rotatable bonds is 5. The predicted octanol–water partition coefficient (Wildman–Crippen LogP) is 1.97.